The molecule has 0 saturated carbocycles. The second kappa shape index (κ2) is 9.30. The molecule has 0 unspecified atom stereocenters. The summed E-state index contributed by atoms with van der Waals surface area (Å²) in [6.45, 7) is 3.22. The number of fused-ring (bicyclic) bond motifs is 2. The zero-order chi connectivity index (χ0) is 23.7. The zero-order valence-electron chi connectivity index (χ0n) is 19.3. The van der Waals surface area contributed by atoms with Crippen molar-refractivity contribution in [3.63, 3.8) is 0 Å². The third-order valence-corrected chi connectivity index (χ3v) is 6.49. The first-order chi connectivity index (χ1) is 16.6. The van der Waals surface area contributed by atoms with Crippen LogP contribution in [-0.4, -0.2) is 53.3 Å². The van der Waals surface area contributed by atoms with E-state index in [1.54, 1.807) is 49.4 Å². The van der Waals surface area contributed by atoms with Crippen LogP contribution in [0.15, 0.2) is 53.7 Å². The van der Waals surface area contributed by atoms with Gasteiger partial charge in [0.05, 0.1) is 31.4 Å². The summed E-state index contributed by atoms with van der Waals surface area (Å²) in [5, 5.41) is 1.44. The topological polar surface area (TPSA) is 72.4 Å². The standard InChI is InChI=1S/C26H27FN4O3/c1-33-24-13-20-23(14-25(24)34-2)29-16-31(26(20)32)9-3-8-30-10-6-17(7-11-30)21-15-28-22-5-4-18(27)12-19(21)22/h4-6,12-16,28H,3,7-11H2,1-2H3. The molecule has 0 aliphatic carbocycles. The van der Waals surface area contributed by atoms with Crippen molar-refractivity contribution >= 4 is 27.4 Å². The van der Waals surface area contributed by atoms with E-state index in [1.807, 2.05) is 6.20 Å². The summed E-state index contributed by atoms with van der Waals surface area (Å²) in [7, 11) is 3.11. The molecule has 7 nitrogen and oxygen atoms in total. The maximum absolute atomic E-state index is 13.7. The number of ether oxygens (including phenoxy) is 2. The number of methoxy groups -OCH3 is 2. The van der Waals surface area contributed by atoms with Crippen LogP contribution in [0.5, 0.6) is 11.5 Å². The van der Waals surface area contributed by atoms with Gasteiger partial charge in [-0.15, -0.1) is 0 Å². The van der Waals surface area contributed by atoms with Gasteiger partial charge in [-0.3, -0.25) is 14.3 Å². The average Bonchev–Trinajstić information content (AvgIpc) is 3.28. The minimum atomic E-state index is -0.220. The van der Waals surface area contributed by atoms with Gasteiger partial charge in [-0.1, -0.05) is 6.08 Å². The molecule has 1 aliphatic rings. The Labute approximate surface area is 196 Å². The van der Waals surface area contributed by atoms with E-state index in [1.165, 1.54) is 11.6 Å². The fourth-order valence-corrected chi connectivity index (χ4v) is 4.63. The van der Waals surface area contributed by atoms with E-state index in [0.29, 0.717) is 28.9 Å². The fourth-order valence-electron chi connectivity index (χ4n) is 4.63. The number of aromatic nitrogens is 3. The highest BCUT2D eigenvalue weighted by molar-refractivity contribution is 5.92. The summed E-state index contributed by atoms with van der Waals surface area (Å²) < 4.78 is 26.0. The van der Waals surface area contributed by atoms with Crippen molar-refractivity contribution in [3.8, 4) is 11.5 Å². The second-order valence-corrected chi connectivity index (χ2v) is 8.49. The Hall–Kier alpha value is -3.65. The highest BCUT2D eigenvalue weighted by Gasteiger charge is 2.16. The molecule has 2 aromatic heterocycles. The lowest BCUT2D eigenvalue weighted by Gasteiger charge is -2.26. The number of nitrogens with one attached hydrogen (secondary N) is 1. The first kappa shape index (κ1) is 22.2. The van der Waals surface area contributed by atoms with Crippen molar-refractivity contribution in [1.82, 2.24) is 19.4 Å². The van der Waals surface area contributed by atoms with Crippen molar-refractivity contribution in [2.45, 2.75) is 19.4 Å². The number of rotatable bonds is 7. The predicted molar refractivity (Wildman–Crippen MR) is 131 cm³/mol. The second-order valence-electron chi connectivity index (χ2n) is 8.49. The minimum absolute atomic E-state index is 0.0849. The largest absolute Gasteiger partial charge is 0.493 e. The van der Waals surface area contributed by atoms with Gasteiger partial charge in [0.2, 0.25) is 0 Å². The van der Waals surface area contributed by atoms with Gasteiger partial charge in [0.1, 0.15) is 5.82 Å². The third-order valence-electron chi connectivity index (χ3n) is 6.49. The highest BCUT2D eigenvalue weighted by atomic mass is 19.1. The van der Waals surface area contributed by atoms with Gasteiger partial charge in [0, 0.05) is 54.9 Å². The van der Waals surface area contributed by atoms with Crippen LogP contribution in [-0.2, 0) is 6.54 Å². The molecule has 0 atom stereocenters. The summed E-state index contributed by atoms with van der Waals surface area (Å²) in [5.41, 5.74) is 3.77. The molecule has 176 valence electrons. The lowest BCUT2D eigenvalue weighted by Crippen LogP contribution is -2.31. The Morgan fingerprint density at radius 1 is 1.09 bits per heavy atom. The maximum Gasteiger partial charge on any atom is 0.261 e. The molecular formula is C26H27FN4O3. The minimum Gasteiger partial charge on any atom is -0.493 e. The smallest absolute Gasteiger partial charge is 0.261 e. The normalized spacial score (nSPS) is 14.5. The summed E-state index contributed by atoms with van der Waals surface area (Å²) in [6, 6.07) is 8.26. The zero-order valence-corrected chi connectivity index (χ0v) is 19.3. The molecule has 0 radical (unpaired) electrons. The molecule has 4 aromatic rings. The van der Waals surface area contributed by atoms with Crippen molar-refractivity contribution in [1.29, 1.82) is 0 Å². The summed E-state index contributed by atoms with van der Waals surface area (Å²) >= 11 is 0. The molecule has 3 heterocycles. The Bertz CT molecular complexity index is 1440. The van der Waals surface area contributed by atoms with Crippen LogP contribution in [0, 0.1) is 5.82 Å². The maximum atomic E-state index is 13.7. The van der Waals surface area contributed by atoms with E-state index >= 15 is 0 Å². The van der Waals surface area contributed by atoms with Gasteiger partial charge in [-0.05, 0) is 42.7 Å². The van der Waals surface area contributed by atoms with Gasteiger partial charge in [-0.25, -0.2) is 9.37 Å². The van der Waals surface area contributed by atoms with Crippen LogP contribution in [0.4, 0.5) is 4.39 Å². The number of benzene rings is 2. The van der Waals surface area contributed by atoms with Crippen molar-refractivity contribution < 1.29 is 13.9 Å². The van der Waals surface area contributed by atoms with E-state index in [2.05, 4.69) is 20.9 Å². The van der Waals surface area contributed by atoms with Gasteiger partial charge < -0.3 is 14.5 Å². The Kier molecular flexibility index (Phi) is 6.06. The van der Waals surface area contributed by atoms with E-state index in [0.717, 1.165) is 48.9 Å². The van der Waals surface area contributed by atoms with Crippen LogP contribution in [0.1, 0.15) is 18.4 Å². The molecule has 0 saturated heterocycles. The van der Waals surface area contributed by atoms with E-state index < -0.39 is 0 Å². The molecule has 0 fully saturated rings. The molecular weight excluding hydrogens is 435 g/mol. The lowest BCUT2D eigenvalue weighted by atomic mass is 9.99. The number of halogens is 1. The Morgan fingerprint density at radius 3 is 2.68 bits per heavy atom. The molecule has 0 amide bonds. The Balaban J connectivity index is 1.23. The number of hydrogen-bond donors (Lipinski definition) is 1. The summed E-state index contributed by atoms with van der Waals surface area (Å²) in [6.07, 6.45) is 7.53. The first-order valence-corrected chi connectivity index (χ1v) is 11.4. The number of H-pyrrole nitrogens is 1. The van der Waals surface area contributed by atoms with Crippen LogP contribution in [0.3, 0.4) is 0 Å². The quantitative estimate of drug-likeness (QED) is 0.445. The van der Waals surface area contributed by atoms with E-state index in [-0.39, 0.29) is 11.4 Å². The Morgan fingerprint density at radius 2 is 1.91 bits per heavy atom. The monoisotopic (exact) mass is 462 g/mol. The lowest BCUT2D eigenvalue weighted by molar-refractivity contribution is 0.291. The molecule has 34 heavy (non-hydrogen) atoms. The number of aryl methyl sites for hydroxylation is 1. The van der Waals surface area contributed by atoms with E-state index in [4.69, 9.17) is 9.47 Å². The summed E-state index contributed by atoms with van der Waals surface area (Å²) in [4.78, 5) is 23.0. The average molecular weight is 463 g/mol. The van der Waals surface area contributed by atoms with Crippen LogP contribution < -0.4 is 15.0 Å². The van der Waals surface area contributed by atoms with Crippen LogP contribution >= 0.6 is 0 Å². The van der Waals surface area contributed by atoms with E-state index in [9.17, 15) is 9.18 Å². The molecule has 5 rings (SSSR count). The van der Waals surface area contributed by atoms with Crippen LogP contribution in [0.25, 0.3) is 27.4 Å². The number of hydrogen-bond acceptors (Lipinski definition) is 5. The van der Waals surface area contributed by atoms with Gasteiger partial charge in [-0.2, -0.15) is 0 Å². The van der Waals surface area contributed by atoms with Gasteiger partial charge in [0.25, 0.3) is 5.56 Å². The van der Waals surface area contributed by atoms with Gasteiger partial charge in [0.15, 0.2) is 11.5 Å². The fraction of sp³-hybridized carbons (Fsp3) is 0.308. The number of nitrogens with zero attached hydrogens (tertiary/aromatic N) is 3. The molecule has 1 N–H and O–H groups in total. The highest BCUT2D eigenvalue weighted by Crippen LogP contribution is 2.31. The SMILES string of the molecule is COc1cc2ncn(CCCN3CC=C(c4c[nH]c5ccc(F)cc45)CC3)c(=O)c2cc1OC. The van der Waals surface area contributed by atoms with Crippen molar-refractivity contribution in [2.75, 3.05) is 33.9 Å². The third kappa shape index (κ3) is 4.17. The van der Waals surface area contributed by atoms with Crippen LogP contribution in [0.2, 0.25) is 0 Å². The predicted octanol–water partition coefficient (Wildman–Crippen LogP) is 4.21. The first-order valence-electron chi connectivity index (χ1n) is 11.4. The molecule has 0 spiro atoms. The van der Waals surface area contributed by atoms with Crippen molar-refractivity contribution in [3.05, 3.63) is 70.7 Å². The van der Waals surface area contributed by atoms with Crippen molar-refractivity contribution in [2.24, 2.45) is 0 Å². The molecule has 8 heteroatoms. The number of aromatic amines is 1. The van der Waals surface area contributed by atoms with Gasteiger partial charge >= 0.3 is 0 Å². The molecule has 1 aliphatic heterocycles. The summed E-state index contributed by atoms with van der Waals surface area (Å²) in [5.74, 6) is 0.845. The molecule has 0 bridgehead atoms. The molecule has 2 aromatic carbocycles.